The molecule has 2 aromatic rings. The van der Waals surface area contributed by atoms with E-state index in [2.05, 4.69) is 33.1 Å². The van der Waals surface area contributed by atoms with Crippen molar-refractivity contribution in [3.63, 3.8) is 0 Å². The van der Waals surface area contributed by atoms with Gasteiger partial charge in [0.15, 0.2) is 0 Å². The molecule has 0 radical (unpaired) electrons. The van der Waals surface area contributed by atoms with Crippen molar-refractivity contribution >= 4 is 21.9 Å². The molecule has 0 unspecified atom stereocenters. The van der Waals surface area contributed by atoms with Crippen molar-refractivity contribution in [2.75, 3.05) is 7.11 Å². The summed E-state index contributed by atoms with van der Waals surface area (Å²) in [5.74, 6) is -0.297. The lowest BCUT2D eigenvalue weighted by molar-refractivity contribution is 0.0690. The highest BCUT2D eigenvalue weighted by molar-refractivity contribution is 9.10. The first kappa shape index (κ1) is 15.1. The maximum absolute atomic E-state index is 11.1. The first-order valence-electron chi connectivity index (χ1n) is 7.21. The van der Waals surface area contributed by atoms with Crippen molar-refractivity contribution in [3.8, 4) is 17.0 Å². The Morgan fingerprint density at radius 2 is 2.05 bits per heavy atom. The zero-order valence-corrected chi connectivity index (χ0v) is 14.1. The van der Waals surface area contributed by atoms with Crippen molar-refractivity contribution in [1.82, 2.24) is 10.2 Å². The topological polar surface area (TPSA) is 75.2 Å². The Hall–Kier alpha value is -1.82. The number of carboxylic acids is 1. The predicted octanol–water partition coefficient (Wildman–Crippen LogP) is 3.73. The van der Waals surface area contributed by atoms with Crippen LogP contribution in [-0.4, -0.2) is 28.4 Å². The van der Waals surface area contributed by atoms with E-state index in [9.17, 15) is 4.79 Å². The highest BCUT2D eigenvalue weighted by Gasteiger charge is 2.25. The summed E-state index contributed by atoms with van der Waals surface area (Å²) in [5, 5.41) is 15.8. The quantitative estimate of drug-likeness (QED) is 0.869. The monoisotopic (exact) mass is 364 g/mol. The number of aromatic nitrogens is 2. The van der Waals surface area contributed by atoms with Crippen LogP contribution in [0.4, 0.5) is 0 Å². The Balaban J connectivity index is 2.25. The first-order valence-corrected chi connectivity index (χ1v) is 8.00. The van der Waals surface area contributed by atoms with Crippen molar-refractivity contribution in [2.45, 2.75) is 32.6 Å². The molecule has 0 aliphatic heterocycles. The second-order valence-electron chi connectivity index (χ2n) is 5.48. The minimum atomic E-state index is -1.02. The van der Waals surface area contributed by atoms with Gasteiger partial charge in [-0.25, -0.2) is 4.79 Å². The third kappa shape index (κ3) is 2.31. The number of benzene rings is 1. The van der Waals surface area contributed by atoms with Crippen LogP contribution in [-0.2, 0) is 12.8 Å². The number of fused-ring (bicyclic) bond motifs is 1. The average Bonchev–Trinajstić information content (AvgIpc) is 3.00. The molecule has 1 aromatic heterocycles. The summed E-state index contributed by atoms with van der Waals surface area (Å²) in [7, 11) is 1.63. The van der Waals surface area contributed by atoms with Gasteiger partial charge in [-0.05, 0) is 71.3 Å². The molecule has 6 heteroatoms. The number of methoxy groups -OCH3 is 1. The van der Waals surface area contributed by atoms with Crippen LogP contribution in [0.25, 0.3) is 11.3 Å². The Bertz CT molecular complexity index is 752. The van der Waals surface area contributed by atoms with E-state index in [0.717, 1.165) is 34.2 Å². The highest BCUT2D eigenvalue weighted by Crippen LogP contribution is 2.45. The Morgan fingerprint density at radius 3 is 2.64 bits per heavy atom. The van der Waals surface area contributed by atoms with Crippen molar-refractivity contribution in [2.24, 2.45) is 0 Å². The maximum atomic E-state index is 11.1. The summed E-state index contributed by atoms with van der Waals surface area (Å²) in [5.41, 5.74) is 5.29. The number of aromatic carboxylic acids is 1. The average molecular weight is 365 g/mol. The van der Waals surface area contributed by atoms with E-state index in [0.29, 0.717) is 5.69 Å². The fraction of sp³-hybridized carbons (Fsp3) is 0.375. The van der Waals surface area contributed by atoms with E-state index in [1.807, 2.05) is 0 Å². The largest absolute Gasteiger partial charge is 0.495 e. The van der Waals surface area contributed by atoms with Crippen LogP contribution >= 0.6 is 15.9 Å². The van der Waals surface area contributed by atoms with E-state index in [-0.39, 0.29) is 5.69 Å². The van der Waals surface area contributed by atoms with Crippen molar-refractivity contribution in [3.05, 3.63) is 32.9 Å². The second-order valence-corrected chi connectivity index (χ2v) is 6.28. The third-order valence-corrected chi connectivity index (χ3v) is 5.09. The van der Waals surface area contributed by atoms with Crippen LogP contribution in [0.5, 0.6) is 5.75 Å². The van der Waals surface area contributed by atoms with Crippen LogP contribution < -0.4 is 4.74 Å². The van der Waals surface area contributed by atoms with Crippen LogP contribution in [0.2, 0.25) is 0 Å². The van der Waals surface area contributed by atoms with E-state index in [1.165, 1.54) is 24.0 Å². The number of hydrogen-bond donors (Lipinski definition) is 2. The van der Waals surface area contributed by atoms with E-state index >= 15 is 0 Å². The van der Waals surface area contributed by atoms with E-state index in [4.69, 9.17) is 9.84 Å². The summed E-state index contributed by atoms with van der Waals surface area (Å²) < 4.78 is 6.56. The molecule has 0 fully saturated rings. The molecule has 0 saturated carbocycles. The van der Waals surface area contributed by atoms with Gasteiger partial charge in [-0.3, -0.25) is 5.10 Å². The molecule has 2 N–H and O–H groups in total. The van der Waals surface area contributed by atoms with E-state index < -0.39 is 5.97 Å². The number of aromatic amines is 1. The standard InChI is InChI=1S/C16H17BrN2O3/c1-8-9-5-3-4-6-10(9)14(17)15(22-2)13(8)11-7-12(16(20)21)19-18-11/h7H,3-6H2,1-2H3,(H,18,19)(H,20,21). The molecule has 0 bridgehead atoms. The number of carboxylic acid groups (broad SMARTS) is 1. The summed E-state index contributed by atoms with van der Waals surface area (Å²) in [6, 6.07) is 1.55. The molecular formula is C16H17BrN2O3. The lowest BCUT2D eigenvalue weighted by Crippen LogP contribution is -2.09. The Labute approximate surface area is 136 Å². The number of nitrogens with one attached hydrogen (secondary N) is 1. The van der Waals surface area contributed by atoms with Crippen molar-refractivity contribution in [1.29, 1.82) is 0 Å². The van der Waals surface area contributed by atoms with Gasteiger partial charge in [0.05, 0.1) is 17.3 Å². The van der Waals surface area contributed by atoms with Gasteiger partial charge in [0.2, 0.25) is 0 Å². The third-order valence-electron chi connectivity index (χ3n) is 4.26. The molecule has 5 nitrogen and oxygen atoms in total. The predicted molar refractivity (Wildman–Crippen MR) is 86.6 cm³/mol. The van der Waals surface area contributed by atoms with Gasteiger partial charge in [-0.15, -0.1) is 0 Å². The first-order chi connectivity index (χ1) is 10.5. The van der Waals surface area contributed by atoms with Gasteiger partial charge < -0.3 is 9.84 Å². The fourth-order valence-electron chi connectivity index (χ4n) is 3.19. The lowest BCUT2D eigenvalue weighted by atomic mass is 9.85. The van der Waals surface area contributed by atoms with Gasteiger partial charge in [-0.2, -0.15) is 5.10 Å². The molecule has 0 atom stereocenters. The van der Waals surface area contributed by atoms with Gasteiger partial charge in [0.1, 0.15) is 11.4 Å². The number of carbonyl (C=O) groups is 1. The van der Waals surface area contributed by atoms with E-state index in [1.54, 1.807) is 13.2 Å². The molecule has 0 amide bonds. The molecule has 3 rings (SSSR count). The zero-order chi connectivity index (χ0) is 15.9. The molecule has 1 aromatic carbocycles. The van der Waals surface area contributed by atoms with Crippen LogP contribution in [0.1, 0.15) is 40.0 Å². The summed E-state index contributed by atoms with van der Waals surface area (Å²) >= 11 is 3.67. The Kier molecular flexibility index (Phi) is 3.95. The smallest absolute Gasteiger partial charge is 0.353 e. The Morgan fingerprint density at radius 1 is 1.36 bits per heavy atom. The number of H-pyrrole nitrogens is 1. The highest BCUT2D eigenvalue weighted by atomic mass is 79.9. The molecule has 0 spiro atoms. The van der Waals surface area contributed by atoms with Gasteiger partial charge in [-0.1, -0.05) is 0 Å². The lowest BCUT2D eigenvalue weighted by Gasteiger charge is -2.24. The summed E-state index contributed by atoms with van der Waals surface area (Å²) in [4.78, 5) is 11.1. The SMILES string of the molecule is COc1c(Br)c2c(c(C)c1-c1cc(C(=O)O)[nH]n1)CCCC2. The van der Waals surface area contributed by atoms with Crippen molar-refractivity contribution < 1.29 is 14.6 Å². The number of halogens is 1. The number of ether oxygens (including phenoxy) is 1. The summed E-state index contributed by atoms with van der Waals surface area (Å²) in [6.07, 6.45) is 4.42. The number of nitrogens with zero attached hydrogens (tertiary/aromatic N) is 1. The molecule has 1 aliphatic rings. The molecule has 116 valence electrons. The van der Waals surface area contributed by atoms with Crippen LogP contribution in [0.3, 0.4) is 0 Å². The summed E-state index contributed by atoms with van der Waals surface area (Å²) in [6.45, 7) is 2.06. The van der Waals surface area contributed by atoms with Crippen LogP contribution in [0.15, 0.2) is 10.5 Å². The molecular weight excluding hydrogens is 348 g/mol. The molecule has 1 aliphatic carbocycles. The second kappa shape index (κ2) is 5.76. The number of rotatable bonds is 3. The molecule has 0 saturated heterocycles. The number of hydrogen-bond acceptors (Lipinski definition) is 3. The van der Waals surface area contributed by atoms with Crippen LogP contribution in [0, 0.1) is 6.92 Å². The zero-order valence-electron chi connectivity index (χ0n) is 12.5. The normalized spacial score (nSPS) is 13.8. The fourth-order valence-corrected chi connectivity index (χ4v) is 3.99. The minimum absolute atomic E-state index is 0.0743. The maximum Gasteiger partial charge on any atom is 0.353 e. The molecule has 1 heterocycles. The van der Waals surface area contributed by atoms with Gasteiger partial charge in [0, 0.05) is 5.56 Å². The minimum Gasteiger partial charge on any atom is -0.495 e. The molecule has 22 heavy (non-hydrogen) atoms. The van der Waals surface area contributed by atoms with Gasteiger partial charge in [0.25, 0.3) is 0 Å². The van der Waals surface area contributed by atoms with Gasteiger partial charge >= 0.3 is 5.97 Å².